The summed E-state index contributed by atoms with van der Waals surface area (Å²) in [5.41, 5.74) is 0. The maximum atomic E-state index is 12.5. The van der Waals surface area contributed by atoms with Crippen LogP contribution in [-0.4, -0.2) is 62.3 Å². The molecule has 1 N–H and O–H groups in total. The van der Waals surface area contributed by atoms with E-state index in [-0.39, 0.29) is 6.03 Å². The zero-order valence-electron chi connectivity index (χ0n) is 12.9. The van der Waals surface area contributed by atoms with E-state index in [0.717, 1.165) is 39.1 Å². The summed E-state index contributed by atoms with van der Waals surface area (Å²) < 4.78 is 5.41. The molecule has 1 aromatic rings. The Bertz CT molecular complexity index is 417. The standard InChI is InChI=1S/C15H25N3O2S/c1-17(2)7-8-18(13-5-9-20-10-6-13)15(19)16-12-14-4-3-11-21-14/h3-4,11,13H,5-10,12H2,1-2H3,(H,16,19). The van der Waals surface area contributed by atoms with Gasteiger partial charge in [0.05, 0.1) is 6.54 Å². The molecule has 6 heteroatoms. The van der Waals surface area contributed by atoms with Crippen LogP contribution in [-0.2, 0) is 11.3 Å². The number of urea groups is 1. The second kappa shape index (κ2) is 8.36. The fourth-order valence-electron chi connectivity index (χ4n) is 2.43. The minimum Gasteiger partial charge on any atom is -0.381 e. The summed E-state index contributed by atoms with van der Waals surface area (Å²) in [4.78, 5) is 17.8. The number of carbonyl (C=O) groups excluding carboxylic acids is 1. The molecule has 0 radical (unpaired) electrons. The highest BCUT2D eigenvalue weighted by molar-refractivity contribution is 7.09. The third-order valence-corrected chi connectivity index (χ3v) is 4.55. The Morgan fingerprint density at radius 3 is 2.76 bits per heavy atom. The van der Waals surface area contributed by atoms with Gasteiger partial charge in [-0.1, -0.05) is 6.07 Å². The average Bonchev–Trinajstić information content (AvgIpc) is 2.99. The molecule has 0 bridgehead atoms. The largest absolute Gasteiger partial charge is 0.381 e. The highest BCUT2D eigenvalue weighted by Gasteiger charge is 2.25. The van der Waals surface area contributed by atoms with Gasteiger partial charge in [0.2, 0.25) is 0 Å². The number of ether oxygens (including phenoxy) is 1. The van der Waals surface area contributed by atoms with E-state index in [4.69, 9.17) is 4.74 Å². The van der Waals surface area contributed by atoms with Gasteiger partial charge in [0.25, 0.3) is 0 Å². The number of hydrogen-bond donors (Lipinski definition) is 1. The minimum atomic E-state index is 0.0390. The molecule has 118 valence electrons. The highest BCUT2D eigenvalue weighted by atomic mass is 32.1. The molecular formula is C15H25N3O2S. The van der Waals surface area contributed by atoms with Gasteiger partial charge in [-0.05, 0) is 38.4 Å². The number of nitrogens with one attached hydrogen (secondary N) is 1. The summed E-state index contributed by atoms with van der Waals surface area (Å²) >= 11 is 1.67. The normalized spacial score (nSPS) is 16.1. The number of amides is 2. The lowest BCUT2D eigenvalue weighted by atomic mass is 10.1. The van der Waals surface area contributed by atoms with E-state index in [2.05, 4.69) is 10.2 Å². The van der Waals surface area contributed by atoms with E-state index in [0.29, 0.717) is 12.6 Å². The van der Waals surface area contributed by atoms with Crippen LogP contribution in [0.1, 0.15) is 17.7 Å². The molecule has 0 aliphatic carbocycles. The second-order valence-corrected chi connectivity index (χ2v) is 6.61. The summed E-state index contributed by atoms with van der Waals surface area (Å²) in [6.45, 7) is 3.75. The van der Waals surface area contributed by atoms with Gasteiger partial charge in [-0.15, -0.1) is 11.3 Å². The van der Waals surface area contributed by atoms with Crippen LogP contribution in [0.15, 0.2) is 17.5 Å². The molecule has 0 spiro atoms. The Labute approximate surface area is 130 Å². The Morgan fingerprint density at radius 2 is 2.14 bits per heavy atom. The molecule has 1 aliphatic heterocycles. The van der Waals surface area contributed by atoms with Crippen LogP contribution >= 0.6 is 11.3 Å². The smallest absolute Gasteiger partial charge is 0.317 e. The first kappa shape index (κ1) is 16.3. The Morgan fingerprint density at radius 1 is 1.38 bits per heavy atom. The third kappa shape index (κ3) is 5.30. The van der Waals surface area contributed by atoms with Crippen molar-refractivity contribution in [1.82, 2.24) is 15.1 Å². The predicted octanol–water partition coefficient (Wildman–Crippen LogP) is 2.00. The Hall–Kier alpha value is -1.11. The first-order chi connectivity index (χ1) is 10.2. The number of thiophene rings is 1. The lowest BCUT2D eigenvalue weighted by molar-refractivity contribution is 0.0443. The number of nitrogens with zero attached hydrogens (tertiary/aromatic N) is 2. The van der Waals surface area contributed by atoms with Crippen LogP contribution in [0.25, 0.3) is 0 Å². The van der Waals surface area contributed by atoms with Crippen LogP contribution in [0, 0.1) is 0 Å². The molecule has 0 atom stereocenters. The lowest BCUT2D eigenvalue weighted by Crippen LogP contribution is -2.50. The SMILES string of the molecule is CN(C)CCN(C(=O)NCc1cccs1)C1CCOCC1. The molecule has 21 heavy (non-hydrogen) atoms. The van der Waals surface area contributed by atoms with Crippen molar-refractivity contribution in [3.8, 4) is 0 Å². The van der Waals surface area contributed by atoms with Crippen LogP contribution < -0.4 is 5.32 Å². The van der Waals surface area contributed by atoms with Crippen molar-refractivity contribution in [2.24, 2.45) is 0 Å². The molecule has 1 aromatic heterocycles. The maximum Gasteiger partial charge on any atom is 0.317 e. The van der Waals surface area contributed by atoms with Gasteiger partial charge in [-0.25, -0.2) is 4.79 Å². The molecule has 2 rings (SSSR count). The summed E-state index contributed by atoms with van der Waals surface area (Å²) in [5, 5.41) is 5.08. The molecule has 1 saturated heterocycles. The molecule has 0 aromatic carbocycles. The van der Waals surface area contributed by atoms with Crippen molar-refractivity contribution in [2.75, 3.05) is 40.4 Å². The summed E-state index contributed by atoms with van der Waals surface area (Å²) in [6, 6.07) is 4.39. The van der Waals surface area contributed by atoms with Crippen molar-refractivity contribution in [2.45, 2.75) is 25.4 Å². The number of hydrogen-bond acceptors (Lipinski definition) is 4. The Kier molecular flexibility index (Phi) is 6.48. The monoisotopic (exact) mass is 311 g/mol. The van der Waals surface area contributed by atoms with Gasteiger partial charge in [-0.2, -0.15) is 0 Å². The van der Waals surface area contributed by atoms with Gasteiger partial charge in [-0.3, -0.25) is 0 Å². The first-order valence-corrected chi connectivity index (χ1v) is 8.34. The molecule has 0 unspecified atom stereocenters. The van der Waals surface area contributed by atoms with Crippen molar-refractivity contribution < 1.29 is 9.53 Å². The lowest BCUT2D eigenvalue weighted by Gasteiger charge is -2.35. The van der Waals surface area contributed by atoms with E-state index in [1.165, 1.54) is 4.88 Å². The Balaban J connectivity index is 1.90. The minimum absolute atomic E-state index is 0.0390. The van der Waals surface area contributed by atoms with E-state index in [9.17, 15) is 4.79 Å². The van der Waals surface area contributed by atoms with Gasteiger partial charge >= 0.3 is 6.03 Å². The first-order valence-electron chi connectivity index (χ1n) is 7.46. The van der Waals surface area contributed by atoms with Crippen LogP contribution in [0.2, 0.25) is 0 Å². The average molecular weight is 311 g/mol. The number of likely N-dealkylation sites (N-methyl/N-ethyl adjacent to an activating group) is 1. The molecule has 1 aliphatic rings. The third-order valence-electron chi connectivity index (χ3n) is 3.67. The molecule has 0 saturated carbocycles. The molecule has 1 fully saturated rings. The highest BCUT2D eigenvalue weighted by Crippen LogP contribution is 2.15. The molecular weight excluding hydrogens is 286 g/mol. The summed E-state index contributed by atoms with van der Waals surface area (Å²) in [5.74, 6) is 0. The van der Waals surface area contributed by atoms with Crippen LogP contribution in [0.4, 0.5) is 4.79 Å². The fraction of sp³-hybridized carbons (Fsp3) is 0.667. The zero-order chi connectivity index (χ0) is 15.1. The van der Waals surface area contributed by atoms with Crippen molar-refractivity contribution in [3.05, 3.63) is 22.4 Å². The van der Waals surface area contributed by atoms with Crippen molar-refractivity contribution in [3.63, 3.8) is 0 Å². The maximum absolute atomic E-state index is 12.5. The summed E-state index contributed by atoms with van der Waals surface area (Å²) in [6.07, 6.45) is 1.86. The van der Waals surface area contributed by atoms with Crippen molar-refractivity contribution >= 4 is 17.4 Å². The van der Waals surface area contributed by atoms with E-state index >= 15 is 0 Å². The zero-order valence-corrected chi connectivity index (χ0v) is 13.7. The number of rotatable bonds is 6. The van der Waals surface area contributed by atoms with Gasteiger partial charge < -0.3 is 19.9 Å². The molecule has 2 amide bonds. The van der Waals surface area contributed by atoms with Gasteiger partial charge in [0.15, 0.2) is 0 Å². The van der Waals surface area contributed by atoms with E-state index < -0.39 is 0 Å². The van der Waals surface area contributed by atoms with Gasteiger partial charge in [0, 0.05) is 37.2 Å². The summed E-state index contributed by atoms with van der Waals surface area (Å²) in [7, 11) is 4.07. The predicted molar refractivity (Wildman–Crippen MR) is 85.7 cm³/mol. The van der Waals surface area contributed by atoms with Crippen LogP contribution in [0.3, 0.4) is 0 Å². The topological polar surface area (TPSA) is 44.8 Å². The van der Waals surface area contributed by atoms with E-state index in [1.54, 1.807) is 11.3 Å². The number of carbonyl (C=O) groups is 1. The van der Waals surface area contributed by atoms with Crippen molar-refractivity contribution in [1.29, 1.82) is 0 Å². The second-order valence-electron chi connectivity index (χ2n) is 5.58. The van der Waals surface area contributed by atoms with Crippen LogP contribution in [0.5, 0.6) is 0 Å². The molecule has 2 heterocycles. The fourth-order valence-corrected chi connectivity index (χ4v) is 3.08. The quantitative estimate of drug-likeness (QED) is 0.874. The molecule has 5 nitrogen and oxygen atoms in total. The van der Waals surface area contributed by atoms with E-state index in [1.807, 2.05) is 36.5 Å². The van der Waals surface area contributed by atoms with Gasteiger partial charge in [0.1, 0.15) is 0 Å².